The summed E-state index contributed by atoms with van der Waals surface area (Å²) in [7, 11) is -1.67. The second-order valence-electron chi connectivity index (χ2n) is 3.96. The predicted molar refractivity (Wildman–Crippen MR) is 70.6 cm³/mol. The third-order valence-corrected chi connectivity index (χ3v) is 4.49. The molecule has 6 heteroatoms. The Morgan fingerprint density at radius 2 is 2.17 bits per heavy atom. The maximum absolute atomic E-state index is 12.1. The largest absolute Gasteiger partial charge is 0.383 e. The Hall–Kier alpha value is -0.980. The molecule has 0 unspecified atom stereocenters. The molecule has 0 saturated heterocycles. The highest BCUT2D eigenvalue weighted by Gasteiger charge is 2.21. The summed E-state index contributed by atoms with van der Waals surface area (Å²) in [4.78, 5) is 4.15. The van der Waals surface area contributed by atoms with Crippen molar-refractivity contribution in [2.24, 2.45) is 0 Å². The van der Waals surface area contributed by atoms with Gasteiger partial charge in [-0.2, -0.15) is 4.31 Å². The molecular weight excluding hydrogens is 252 g/mol. The van der Waals surface area contributed by atoms with E-state index in [2.05, 4.69) is 4.98 Å². The van der Waals surface area contributed by atoms with Gasteiger partial charge in [-0.05, 0) is 18.6 Å². The number of pyridine rings is 1. The summed E-state index contributed by atoms with van der Waals surface area (Å²) in [5.74, 6) is 0.156. The van der Waals surface area contributed by atoms with Gasteiger partial charge < -0.3 is 4.74 Å². The first-order valence-corrected chi connectivity index (χ1v) is 7.57. The van der Waals surface area contributed by atoms with Crippen LogP contribution in [0.3, 0.4) is 0 Å². The number of ether oxygens (including phenoxy) is 1. The zero-order chi connectivity index (χ0) is 13.4. The van der Waals surface area contributed by atoms with Crippen LogP contribution in [0.4, 0.5) is 0 Å². The van der Waals surface area contributed by atoms with E-state index in [1.165, 1.54) is 4.31 Å². The molecule has 0 atom stereocenters. The number of methoxy groups -OCH3 is 1. The van der Waals surface area contributed by atoms with Gasteiger partial charge in [0.05, 0.1) is 24.6 Å². The Morgan fingerprint density at radius 1 is 1.39 bits per heavy atom. The van der Waals surface area contributed by atoms with Crippen molar-refractivity contribution in [3.8, 4) is 0 Å². The first-order chi connectivity index (χ1) is 8.60. The molecule has 0 aliphatic heterocycles. The molecule has 0 amide bonds. The fourth-order valence-corrected chi connectivity index (χ4v) is 3.02. The zero-order valence-electron chi connectivity index (χ0n) is 10.9. The monoisotopic (exact) mass is 272 g/mol. The van der Waals surface area contributed by atoms with Crippen LogP contribution in [0, 0.1) is 0 Å². The number of aromatic nitrogens is 1. The van der Waals surface area contributed by atoms with E-state index in [9.17, 15) is 8.42 Å². The van der Waals surface area contributed by atoms with Crippen molar-refractivity contribution in [3.63, 3.8) is 0 Å². The summed E-state index contributed by atoms with van der Waals surface area (Å²) >= 11 is 0. The molecule has 1 aromatic heterocycles. The van der Waals surface area contributed by atoms with Crippen LogP contribution in [0.1, 0.15) is 19.0 Å². The van der Waals surface area contributed by atoms with Gasteiger partial charge >= 0.3 is 0 Å². The fourth-order valence-electron chi connectivity index (χ4n) is 1.57. The van der Waals surface area contributed by atoms with Crippen LogP contribution in [0.2, 0.25) is 0 Å². The normalized spacial score (nSPS) is 11.9. The van der Waals surface area contributed by atoms with Gasteiger partial charge in [0, 0.05) is 19.9 Å². The fraction of sp³-hybridized carbons (Fsp3) is 0.583. The number of rotatable bonds is 8. The topological polar surface area (TPSA) is 59.5 Å². The summed E-state index contributed by atoms with van der Waals surface area (Å²) in [6.07, 6.45) is 2.27. The molecular formula is C12H20N2O3S. The second-order valence-corrected chi connectivity index (χ2v) is 6.05. The highest BCUT2D eigenvalue weighted by atomic mass is 32.2. The number of hydrogen-bond acceptors (Lipinski definition) is 4. The van der Waals surface area contributed by atoms with E-state index in [1.807, 2.05) is 25.1 Å². The molecule has 1 aromatic rings. The Balaban J connectivity index is 2.78. The molecule has 1 heterocycles. The molecule has 0 radical (unpaired) electrons. The van der Waals surface area contributed by atoms with E-state index in [0.717, 1.165) is 5.69 Å². The van der Waals surface area contributed by atoms with Crippen molar-refractivity contribution in [2.45, 2.75) is 19.9 Å². The van der Waals surface area contributed by atoms with Crippen molar-refractivity contribution in [1.82, 2.24) is 9.29 Å². The van der Waals surface area contributed by atoms with E-state index in [1.54, 1.807) is 13.3 Å². The van der Waals surface area contributed by atoms with Crippen LogP contribution >= 0.6 is 0 Å². The minimum atomic E-state index is -3.23. The average molecular weight is 272 g/mol. The lowest BCUT2D eigenvalue weighted by Crippen LogP contribution is -2.35. The predicted octanol–water partition coefficient (Wildman–Crippen LogP) is 1.27. The average Bonchev–Trinajstić information content (AvgIpc) is 2.35. The standard InChI is InChI=1S/C12H20N2O3S/c1-3-10-18(15,16)14(8-9-17-2)11-12-6-4-5-7-13-12/h4-7H,3,8-11H2,1-2H3. The van der Waals surface area contributed by atoms with Gasteiger partial charge in [0.15, 0.2) is 0 Å². The molecule has 18 heavy (non-hydrogen) atoms. The van der Waals surface area contributed by atoms with E-state index < -0.39 is 10.0 Å². The Bertz CT molecular complexity index is 434. The molecule has 0 aliphatic carbocycles. The molecule has 1 rings (SSSR count). The van der Waals surface area contributed by atoms with Crippen LogP contribution in [-0.4, -0.2) is 43.7 Å². The van der Waals surface area contributed by atoms with Gasteiger partial charge in [0.1, 0.15) is 0 Å². The number of sulfonamides is 1. The van der Waals surface area contributed by atoms with Crippen molar-refractivity contribution in [1.29, 1.82) is 0 Å². The molecule has 0 bridgehead atoms. The van der Waals surface area contributed by atoms with Gasteiger partial charge in [0.25, 0.3) is 0 Å². The summed E-state index contributed by atoms with van der Waals surface area (Å²) in [6, 6.07) is 5.48. The summed E-state index contributed by atoms with van der Waals surface area (Å²) < 4.78 is 30.6. The molecule has 5 nitrogen and oxygen atoms in total. The van der Waals surface area contributed by atoms with Gasteiger partial charge in [-0.25, -0.2) is 8.42 Å². The van der Waals surface area contributed by atoms with Crippen molar-refractivity contribution in [3.05, 3.63) is 30.1 Å². The van der Waals surface area contributed by atoms with Crippen LogP contribution in [-0.2, 0) is 21.3 Å². The van der Waals surface area contributed by atoms with Gasteiger partial charge in [-0.1, -0.05) is 13.0 Å². The maximum atomic E-state index is 12.1. The molecule has 0 saturated carbocycles. The van der Waals surface area contributed by atoms with Crippen LogP contribution < -0.4 is 0 Å². The van der Waals surface area contributed by atoms with E-state index in [0.29, 0.717) is 26.1 Å². The van der Waals surface area contributed by atoms with Crippen molar-refractivity contribution < 1.29 is 13.2 Å². The first-order valence-electron chi connectivity index (χ1n) is 5.97. The van der Waals surface area contributed by atoms with Crippen LogP contribution in [0.25, 0.3) is 0 Å². The first kappa shape index (κ1) is 15.1. The summed E-state index contributed by atoms with van der Waals surface area (Å²) in [5, 5.41) is 0. The molecule has 0 N–H and O–H groups in total. The SMILES string of the molecule is CCCS(=O)(=O)N(CCOC)Cc1ccccn1. The third-order valence-electron chi connectivity index (χ3n) is 2.46. The minimum absolute atomic E-state index is 0.156. The molecule has 102 valence electrons. The van der Waals surface area contributed by atoms with Gasteiger partial charge in [0.2, 0.25) is 10.0 Å². The summed E-state index contributed by atoms with van der Waals surface area (Å²) in [5.41, 5.74) is 0.744. The van der Waals surface area contributed by atoms with Gasteiger partial charge in [-0.3, -0.25) is 4.98 Å². The van der Waals surface area contributed by atoms with E-state index >= 15 is 0 Å². The Morgan fingerprint density at radius 3 is 2.72 bits per heavy atom. The highest BCUT2D eigenvalue weighted by Crippen LogP contribution is 2.08. The number of hydrogen-bond donors (Lipinski definition) is 0. The van der Waals surface area contributed by atoms with Crippen molar-refractivity contribution in [2.75, 3.05) is 26.0 Å². The molecule has 0 spiro atoms. The van der Waals surface area contributed by atoms with Crippen LogP contribution in [0.15, 0.2) is 24.4 Å². The van der Waals surface area contributed by atoms with E-state index in [-0.39, 0.29) is 5.75 Å². The molecule has 0 aliphatic rings. The lowest BCUT2D eigenvalue weighted by atomic mass is 10.3. The lowest BCUT2D eigenvalue weighted by molar-refractivity contribution is 0.177. The minimum Gasteiger partial charge on any atom is -0.383 e. The highest BCUT2D eigenvalue weighted by molar-refractivity contribution is 7.89. The Kier molecular flexibility index (Phi) is 6.24. The Labute approximate surface area is 109 Å². The van der Waals surface area contributed by atoms with Gasteiger partial charge in [-0.15, -0.1) is 0 Å². The lowest BCUT2D eigenvalue weighted by Gasteiger charge is -2.21. The van der Waals surface area contributed by atoms with E-state index in [4.69, 9.17) is 4.74 Å². The second kappa shape index (κ2) is 7.45. The summed E-state index contributed by atoms with van der Waals surface area (Å²) in [6.45, 7) is 2.89. The quantitative estimate of drug-likeness (QED) is 0.715. The van der Waals surface area contributed by atoms with Crippen molar-refractivity contribution >= 4 is 10.0 Å². The molecule has 0 fully saturated rings. The number of nitrogens with zero attached hydrogens (tertiary/aromatic N) is 2. The molecule has 0 aromatic carbocycles. The smallest absolute Gasteiger partial charge is 0.214 e. The zero-order valence-corrected chi connectivity index (χ0v) is 11.7. The van der Waals surface area contributed by atoms with Crippen LogP contribution in [0.5, 0.6) is 0 Å². The third kappa shape index (κ3) is 4.72. The maximum Gasteiger partial charge on any atom is 0.214 e.